The number of carbonyl (C=O) groups is 2. The molecule has 0 saturated heterocycles. The zero-order valence-corrected chi connectivity index (χ0v) is 21.7. The zero-order chi connectivity index (χ0) is 26.9. The maximum absolute atomic E-state index is 13.0. The van der Waals surface area contributed by atoms with Crippen LogP contribution in [-0.2, 0) is 16.6 Å². The second-order valence-electron chi connectivity index (χ2n) is 10.4. The summed E-state index contributed by atoms with van der Waals surface area (Å²) in [5.41, 5.74) is 5.69. The van der Waals surface area contributed by atoms with Crippen molar-refractivity contribution in [2.24, 2.45) is 5.92 Å². The van der Waals surface area contributed by atoms with E-state index >= 15 is 0 Å². The molecule has 38 heavy (non-hydrogen) atoms. The molecule has 0 bridgehead atoms. The number of benzene rings is 2. The van der Waals surface area contributed by atoms with Gasteiger partial charge < -0.3 is 5.32 Å². The number of rotatable bonds is 8. The van der Waals surface area contributed by atoms with Crippen LogP contribution in [0.3, 0.4) is 0 Å². The summed E-state index contributed by atoms with van der Waals surface area (Å²) in [6, 6.07) is 19.0. The molecule has 0 unspecified atom stereocenters. The predicted molar refractivity (Wildman–Crippen MR) is 146 cm³/mol. The van der Waals surface area contributed by atoms with Crippen LogP contribution in [0.4, 0.5) is 5.69 Å². The van der Waals surface area contributed by atoms with Gasteiger partial charge >= 0.3 is 0 Å². The lowest BCUT2D eigenvalue weighted by Crippen LogP contribution is -2.17. The maximum atomic E-state index is 13.0. The third kappa shape index (κ3) is 5.40. The van der Waals surface area contributed by atoms with Crippen molar-refractivity contribution in [3.8, 4) is 22.9 Å². The molecule has 7 nitrogen and oxygen atoms in total. The summed E-state index contributed by atoms with van der Waals surface area (Å²) in [7, 11) is 0. The number of ketones is 1. The Hall–Kier alpha value is -4.57. The number of pyridine rings is 1. The molecular weight excluding hydrogens is 474 g/mol. The molecular formula is C31H29N5O2. The fraction of sp³-hybridized carbons (Fsp3) is 0.258. The van der Waals surface area contributed by atoms with Crippen LogP contribution in [0.2, 0.25) is 0 Å². The van der Waals surface area contributed by atoms with Crippen molar-refractivity contribution in [1.82, 2.24) is 14.8 Å². The highest BCUT2D eigenvalue weighted by Crippen LogP contribution is 2.31. The second kappa shape index (κ2) is 10.1. The molecule has 0 radical (unpaired) electrons. The van der Waals surface area contributed by atoms with Gasteiger partial charge in [-0.15, -0.1) is 0 Å². The largest absolute Gasteiger partial charge is 0.322 e. The molecule has 2 aromatic carbocycles. The molecule has 7 heteroatoms. The van der Waals surface area contributed by atoms with Crippen LogP contribution in [0.15, 0.2) is 73.2 Å². The number of Topliss-reactive ketones (excluding diaryl/α,β-unsaturated/α-hetero) is 1. The van der Waals surface area contributed by atoms with E-state index in [9.17, 15) is 14.9 Å². The van der Waals surface area contributed by atoms with E-state index < -0.39 is 5.41 Å². The summed E-state index contributed by atoms with van der Waals surface area (Å²) in [5.74, 6) is 0.265. The van der Waals surface area contributed by atoms with Crippen LogP contribution in [0, 0.1) is 24.2 Å². The van der Waals surface area contributed by atoms with Gasteiger partial charge in [0.15, 0.2) is 0 Å². The van der Waals surface area contributed by atoms with Gasteiger partial charge in [0.05, 0.1) is 23.4 Å². The summed E-state index contributed by atoms with van der Waals surface area (Å²) in [6.45, 7) is 5.65. The van der Waals surface area contributed by atoms with Gasteiger partial charge in [-0.2, -0.15) is 10.4 Å². The van der Waals surface area contributed by atoms with E-state index in [1.165, 1.54) is 0 Å². The molecule has 1 amide bonds. The first-order chi connectivity index (χ1) is 18.2. The quantitative estimate of drug-likeness (QED) is 0.327. The van der Waals surface area contributed by atoms with E-state index in [1.807, 2.05) is 63.4 Å². The van der Waals surface area contributed by atoms with E-state index in [0.717, 1.165) is 46.5 Å². The first-order valence-corrected chi connectivity index (χ1v) is 12.7. The fourth-order valence-electron chi connectivity index (χ4n) is 4.28. The van der Waals surface area contributed by atoms with Crippen LogP contribution < -0.4 is 5.32 Å². The van der Waals surface area contributed by atoms with Crippen LogP contribution in [0.1, 0.15) is 53.9 Å². The third-order valence-corrected chi connectivity index (χ3v) is 6.97. The highest BCUT2D eigenvalue weighted by Gasteiger charge is 2.29. The number of anilines is 1. The minimum atomic E-state index is -0.686. The number of nitrogens with one attached hydrogen (secondary N) is 1. The van der Waals surface area contributed by atoms with Crippen LogP contribution in [0.25, 0.3) is 16.8 Å². The average Bonchev–Trinajstić information content (AvgIpc) is 3.67. The fourth-order valence-corrected chi connectivity index (χ4v) is 4.28. The van der Waals surface area contributed by atoms with E-state index in [0.29, 0.717) is 17.7 Å². The summed E-state index contributed by atoms with van der Waals surface area (Å²) >= 11 is 0. The first kappa shape index (κ1) is 25.1. The molecule has 4 aromatic rings. The van der Waals surface area contributed by atoms with Crippen molar-refractivity contribution in [3.05, 3.63) is 95.6 Å². The van der Waals surface area contributed by atoms with E-state index in [4.69, 9.17) is 0 Å². The van der Waals surface area contributed by atoms with Crippen molar-refractivity contribution < 1.29 is 9.59 Å². The first-order valence-electron chi connectivity index (χ1n) is 12.7. The van der Waals surface area contributed by atoms with Crippen molar-refractivity contribution in [2.45, 2.75) is 45.4 Å². The van der Waals surface area contributed by atoms with Gasteiger partial charge in [0, 0.05) is 52.8 Å². The van der Waals surface area contributed by atoms with Crippen molar-refractivity contribution >= 4 is 17.4 Å². The standard InChI is InChI=1S/C31H29N5O2/c1-20-7-11-27(35-30(38)22-5-4-6-25(13-22)31(2,3)19-32)14-28(20)36-18-24(17-34-36)23-10-12-26(33-16-23)15-29(37)21-8-9-21/h4-7,10-14,16-18,21H,8-9,15H2,1-3H3,(H,35,38). The number of aryl methyl sites for hydroxylation is 1. The number of aromatic nitrogens is 3. The Morgan fingerprint density at radius 2 is 1.89 bits per heavy atom. The normalized spacial score (nSPS) is 13.1. The molecule has 0 spiro atoms. The Kier molecular flexibility index (Phi) is 6.64. The number of hydrogen-bond acceptors (Lipinski definition) is 5. The number of nitriles is 1. The number of carbonyl (C=O) groups excluding carboxylic acids is 2. The average molecular weight is 504 g/mol. The van der Waals surface area contributed by atoms with Crippen LogP contribution >= 0.6 is 0 Å². The molecule has 1 aliphatic rings. The topological polar surface area (TPSA) is 101 Å². The van der Waals surface area contributed by atoms with Crippen molar-refractivity contribution in [1.29, 1.82) is 5.26 Å². The lowest BCUT2D eigenvalue weighted by Gasteiger charge is -2.16. The Balaban J connectivity index is 1.32. The summed E-state index contributed by atoms with van der Waals surface area (Å²) in [4.78, 5) is 29.6. The third-order valence-electron chi connectivity index (χ3n) is 6.97. The number of nitrogens with zero attached hydrogens (tertiary/aromatic N) is 4. The van der Waals surface area contributed by atoms with Gasteiger partial charge in [0.25, 0.3) is 5.91 Å². The lowest BCUT2D eigenvalue weighted by atomic mass is 9.85. The predicted octanol–water partition coefficient (Wildman–Crippen LogP) is 5.82. The molecule has 190 valence electrons. The van der Waals surface area contributed by atoms with E-state index in [-0.39, 0.29) is 17.6 Å². The smallest absolute Gasteiger partial charge is 0.255 e. The molecule has 2 heterocycles. The van der Waals surface area contributed by atoms with Gasteiger partial charge in [0.1, 0.15) is 5.78 Å². The highest BCUT2D eigenvalue weighted by atomic mass is 16.1. The Labute approximate surface area is 222 Å². The molecule has 0 aliphatic heterocycles. The van der Waals surface area contributed by atoms with Gasteiger partial charge in [-0.3, -0.25) is 14.6 Å². The summed E-state index contributed by atoms with van der Waals surface area (Å²) < 4.78 is 1.78. The van der Waals surface area contributed by atoms with Crippen LogP contribution in [-0.4, -0.2) is 26.5 Å². The summed E-state index contributed by atoms with van der Waals surface area (Å²) in [6.07, 6.45) is 7.89. The monoisotopic (exact) mass is 503 g/mol. The zero-order valence-electron chi connectivity index (χ0n) is 21.7. The minimum absolute atomic E-state index is 0.236. The molecule has 2 aromatic heterocycles. The van der Waals surface area contributed by atoms with Crippen molar-refractivity contribution in [2.75, 3.05) is 5.32 Å². The number of amides is 1. The Morgan fingerprint density at radius 3 is 2.61 bits per heavy atom. The molecule has 1 fully saturated rings. The molecule has 1 saturated carbocycles. The molecule has 1 N–H and O–H groups in total. The second-order valence-corrected chi connectivity index (χ2v) is 10.4. The van der Waals surface area contributed by atoms with Crippen molar-refractivity contribution in [3.63, 3.8) is 0 Å². The molecule has 1 aliphatic carbocycles. The lowest BCUT2D eigenvalue weighted by molar-refractivity contribution is -0.119. The molecule has 5 rings (SSSR count). The van der Waals surface area contributed by atoms with Gasteiger partial charge in [0.2, 0.25) is 0 Å². The van der Waals surface area contributed by atoms with Gasteiger partial charge in [-0.1, -0.05) is 24.3 Å². The SMILES string of the molecule is Cc1ccc(NC(=O)c2cccc(C(C)(C)C#N)c2)cc1-n1cc(-c2ccc(CC(=O)C3CC3)nc2)cn1. The van der Waals surface area contributed by atoms with Crippen LogP contribution in [0.5, 0.6) is 0 Å². The highest BCUT2D eigenvalue weighted by molar-refractivity contribution is 6.04. The van der Waals surface area contributed by atoms with Gasteiger partial charge in [-0.25, -0.2) is 4.68 Å². The number of hydrogen-bond donors (Lipinski definition) is 1. The Bertz CT molecular complexity index is 1560. The minimum Gasteiger partial charge on any atom is -0.322 e. The van der Waals surface area contributed by atoms with Gasteiger partial charge in [-0.05, 0) is 75.1 Å². The molecule has 0 atom stereocenters. The van der Waals surface area contributed by atoms with E-state index in [1.54, 1.807) is 35.3 Å². The summed E-state index contributed by atoms with van der Waals surface area (Å²) in [5, 5.41) is 16.9. The van der Waals surface area contributed by atoms with E-state index in [2.05, 4.69) is 21.5 Å². The maximum Gasteiger partial charge on any atom is 0.255 e. The Morgan fingerprint density at radius 1 is 1.08 bits per heavy atom.